The second-order valence-electron chi connectivity index (χ2n) is 7.57. The summed E-state index contributed by atoms with van der Waals surface area (Å²) >= 11 is 0. The van der Waals surface area contributed by atoms with Gasteiger partial charge in [0.2, 0.25) is 12.4 Å². The minimum absolute atomic E-state index is 0.345. The van der Waals surface area contributed by atoms with E-state index in [0.29, 0.717) is 5.75 Å². The molecule has 1 saturated heterocycles. The van der Waals surface area contributed by atoms with Gasteiger partial charge in [0.1, 0.15) is 18.5 Å². The monoisotopic (exact) mass is 496 g/mol. The van der Waals surface area contributed by atoms with Crippen molar-refractivity contribution in [2.24, 2.45) is 0 Å². The van der Waals surface area contributed by atoms with Gasteiger partial charge < -0.3 is 33.2 Å². The minimum Gasteiger partial charge on any atom is -0.462 e. The van der Waals surface area contributed by atoms with E-state index >= 15 is 0 Å². The predicted octanol–water partition coefficient (Wildman–Crippen LogP) is 1.08. The molecule has 2 rings (SSSR count). The first-order chi connectivity index (χ1) is 16.5. The predicted molar refractivity (Wildman–Crippen MR) is 115 cm³/mol. The highest BCUT2D eigenvalue weighted by atomic mass is 16.7. The zero-order valence-electron chi connectivity index (χ0n) is 20.0. The van der Waals surface area contributed by atoms with Gasteiger partial charge in [-0.05, 0) is 12.1 Å². The van der Waals surface area contributed by atoms with Gasteiger partial charge in [-0.1, -0.05) is 18.2 Å². The first-order valence-electron chi connectivity index (χ1n) is 10.7. The summed E-state index contributed by atoms with van der Waals surface area (Å²) in [6, 6.07) is 8.39. The highest BCUT2D eigenvalue weighted by Gasteiger charge is 2.56. The summed E-state index contributed by atoms with van der Waals surface area (Å²) in [7, 11) is 0. The van der Waals surface area contributed by atoms with Gasteiger partial charge in [0.25, 0.3) is 0 Å². The topological polar surface area (TPSA) is 150 Å². The van der Waals surface area contributed by atoms with Crippen LogP contribution in [-0.4, -0.2) is 73.3 Å². The zero-order chi connectivity index (χ0) is 26.1. The van der Waals surface area contributed by atoms with Crippen molar-refractivity contribution in [3.05, 3.63) is 30.3 Å². The normalized spacial score (nSPS) is 22.8. The van der Waals surface area contributed by atoms with Gasteiger partial charge in [-0.3, -0.25) is 24.0 Å². The molecule has 0 radical (unpaired) electrons. The van der Waals surface area contributed by atoms with Gasteiger partial charge in [-0.25, -0.2) is 0 Å². The van der Waals surface area contributed by atoms with E-state index in [0.717, 1.165) is 34.6 Å². The van der Waals surface area contributed by atoms with E-state index in [-0.39, 0.29) is 0 Å². The Kier molecular flexibility index (Phi) is 10.0. The molecule has 0 saturated carbocycles. The van der Waals surface area contributed by atoms with Crippen LogP contribution in [0.25, 0.3) is 0 Å². The summed E-state index contributed by atoms with van der Waals surface area (Å²) in [5.74, 6) is -3.38. The molecule has 1 aromatic rings. The molecular formula is C23H28O12. The van der Waals surface area contributed by atoms with Crippen LogP contribution < -0.4 is 4.74 Å². The number of para-hydroxylation sites is 1. The molecule has 0 aromatic heterocycles. The molecule has 12 nitrogen and oxygen atoms in total. The van der Waals surface area contributed by atoms with Crippen molar-refractivity contribution in [1.29, 1.82) is 0 Å². The molecule has 12 heteroatoms. The van der Waals surface area contributed by atoms with Crippen LogP contribution >= 0.6 is 0 Å². The third-order valence-electron chi connectivity index (χ3n) is 4.57. The third-order valence-corrected chi connectivity index (χ3v) is 4.57. The van der Waals surface area contributed by atoms with Crippen molar-refractivity contribution in [2.45, 2.75) is 71.4 Å². The third kappa shape index (κ3) is 8.56. The molecule has 0 N–H and O–H groups in total. The van der Waals surface area contributed by atoms with Crippen molar-refractivity contribution in [3.63, 3.8) is 0 Å². The second kappa shape index (κ2) is 12.7. The minimum atomic E-state index is -1.44. The fourth-order valence-corrected chi connectivity index (χ4v) is 3.44. The van der Waals surface area contributed by atoms with Crippen LogP contribution in [-0.2, 0) is 52.4 Å². The van der Waals surface area contributed by atoms with Gasteiger partial charge >= 0.3 is 29.8 Å². The maximum absolute atomic E-state index is 11.9. The number of hydrogen-bond acceptors (Lipinski definition) is 12. The summed E-state index contributed by atoms with van der Waals surface area (Å²) in [5, 5.41) is 0. The van der Waals surface area contributed by atoms with Crippen LogP contribution in [0.15, 0.2) is 30.3 Å². The second-order valence-corrected chi connectivity index (χ2v) is 7.57. The van der Waals surface area contributed by atoms with Crippen LogP contribution in [0.1, 0.15) is 34.6 Å². The van der Waals surface area contributed by atoms with E-state index in [4.69, 9.17) is 33.2 Å². The maximum atomic E-state index is 11.9. The Labute approximate surface area is 201 Å². The average molecular weight is 496 g/mol. The Hall–Kier alpha value is -3.67. The number of ether oxygens (including phenoxy) is 7. The van der Waals surface area contributed by atoms with Crippen LogP contribution in [0.5, 0.6) is 5.75 Å². The van der Waals surface area contributed by atoms with Gasteiger partial charge in [0.15, 0.2) is 18.3 Å². The van der Waals surface area contributed by atoms with Crippen LogP contribution in [0.3, 0.4) is 0 Å². The molecule has 192 valence electrons. The first-order valence-corrected chi connectivity index (χ1v) is 10.7. The molecular weight excluding hydrogens is 468 g/mol. The number of carbonyl (C=O) groups is 5. The van der Waals surface area contributed by atoms with E-state index in [1.807, 2.05) is 0 Å². The smallest absolute Gasteiger partial charge is 0.303 e. The van der Waals surface area contributed by atoms with Gasteiger partial charge in [0.05, 0.1) is 0 Å². The van der Waals surface area contributed by atoms with Gasteiger partial charge in [-0.2, -0.15) is 0 Å². The lowest BCUT2D eigenvalue weighted by Crippen LogP contribution is -2.52. The lowest BCUT2D eigenvalue weighted by molar-refractivity contribution is -0.198. The molecule has 0 aliphatic carbocycles. The summed E-state index contributed by atoms with van der Waals surface area (Å²) in [6.45, 7) is 5.11. The molecule has 0 unspecified atom stereocenters. The van der Waals surface area contributed by atoms with E-state index in [1.165, 1.54) is 0 Å². The lowest BCUT2D eigenvalue weighted by Gasteiger charge is -2.32. The van der Waals surface area contributed by atoms with Crippen molar-refractivity contribution in [3.8, 4) is 5.75 Å². The number of rotatable bonds is 10. The molecule has 0 amide bonds. The molecule has 35 heavy (non-hydrogen) atoms. The average Bonchev–Trinajstić information content (AvgIpc) is 3.05. The van der Waals surface area contributed by atoms with Crippen molar-refractivity contribution in [1.82, 2.24) is 0 Å². The van der Waals surface area contributed by atoms with E-state index in [2.05, 4.69) is 0 Å². The molecule has 1 fully saturated rings. The van der Waals surface area contributed by atoms with Crippen LogP contribution in [0.4, 0.5) is 0 Å². The van der Waals surface area contributed by atoms with E-state index < -0.39 is 73.3 Å². The van der Waals surface area contributed by atoms with E-state index in [1.54, 1.807) is 30.3 Å². The largest absolute Gasteiger partial charge is 0.462 e. The summed E-state index contributed by atoms with van der Waals surface area (Å²) in [5.41, 5.74) is 0. The standard InChI is InChI=1S/C23H28O12/c1-12(24)29-11-18(30-13(2)25)19(31-14(3)26)20-21(32-15(4)27)22(33-16(5)28)23(35-20)34-17-9-7-6-8-10-17/h6-10,18-23H,11H2,1-5H3/t18-,19-,20-,21+,22+,23-/m1/s1. The quantitative estimate of drug-likeness (QED) is 0.337. The summed E-state index contributed by atoms with van der Waals surface area (Å²) in [6.07, 6.45) is -8.07. The van der Waals surface area contributed by atoms with Crippen molar-refractivity contribution in [2.75, 3.05) is 6.61 Å². The molecule has 1 aliphatic rings. The van der Waals surface area contributed by atoms with Gasteiger partial charge in [-0.15, -0.1) is 0 Å². The Morgan fingerprint density at radius 2 is 1.34 bits per heavy atom. The molecule has 1 aromatic carbocycles. The Balaban J connectivity index is 2.50. The summed E-state index contributed by atoms with van der Waals surface area (Å²) < 4.78 is 38.1. The zero-order valence-corrected chi connectivity index (χ0v) is 20.0. The van der Waals surface area contributed by atoms with Crippen molar-refractivity contribution < 1.29 is 57.1 Å². The highest BCUT2D eigenvalue weighted by molar-refractivity contribution is 5.69. The maximum Gasteiger partial charge on any atom is 0.303 e. The first kappa shape index (κ1) is 27.6. The van der Waals surface area contributed by atoms with Gasteiger partial charge in [0, 0.05) is 34.6 Å². The molecule has 0 bridgehead atoms. The summed E-state index contributed by atoms with van der Waals surface area (Å²) in [4.78, 5) is 58.9. The Bertz CT molecular complexity index is 914. The fraction of sp³-hybridized carbons (Fsp3) is 0.522. The fourth-order valence-electron chi connectivity index (χ4n) is 3.44. The molecule has 6 atom stereocenters. The Morgan fingerprint density at radius 3 is 1.86 bits per heavy atom. The van der Waals surface area contributed by atoms with Crippen LogP contribution in [0.2, 0.25) is 0 Å². The molecule has 0 spiro atoms. The van der Waals surface area contributed by atoms with Crippen molar-refractivity contribution >= 4 is 29.8 Å². The number of esters is 5. The Morgan fingerprint density at radius 1 is 0.771 bits per heavy atom. The number of carbonyl (C=O) groups excluding carboxylic acids is 5. The highest BCUT2D eigenvalue weighted by Crippen LogP contribution is 2.33. The van der Waals surface area contributed by atoms with E-state index in [9.17, 15) is 24.0 Å². The molecule has 1 aliphatic heterocycles. The number of hydrogen-bond donors (Lipinski definition) is 0. The SMILES string of the molecule is CC(=O)OC[C@@H](OC(C)=O)[C@@H](OC(C)=O)[C@H]1O[C@@H](Oc2ccccc2)[C@@H](OC(C)=O)[C@H]1OC(C)=O. The number of benzene rings is 1. The lowest BCUT2D eigenvalue weighted by atomic mass is 10.0. The molecule has 1 heterocycles. The van der Waals surface area contributed by atoms with Crippen LogP contribution in [0, 0.1) is 0 Å².